The number of hydrogen-bond acceptors (Lipinski definition) is 6. The van der Waals surface area contributed by atoms with Crippen LogP contribution in [0.2, 0.25) is 0 Å². The van der Waals surface area contributed by atoms with E-state index in [0.29, 0.717) is 19.1 Å². The highest BCUT2D eigenvalue weighted by Gasteiger charge is 2.35. The molecule has 30 heavy (non-hydrogen) atoms. The van der Waals surface area contributed by atoms with Crippen molar-refractivity contribution in [3.8, 4) is 5.75 Å². The van der Waals surface area contributed by atoms with Gasteiger partial charge in [0.25, 0.3) is 5.91 Å². The third-order valence-electron chi connectivity index (χ3n) is 4.59. The van der Waals surface area contributed by atoms with E-state index in [4.69, 9.17) is 9.84 Å². The molecule has 0 bridgehead atoms. The molecule has 0 spiro atoms. The van der Waals surface area contributed by atoms with Gasteiger partial charge in [-0.25, -0.2) is 4.39 Å². The molecular formula is C19H22FN3O7. The van der Waals surface area contributed by atoms with Crippen LogP contribution >= 0.6 is 0 Å². The molecule has 1 heterocycles. The number of carboxylic acid groups (broad SMARTS) is 1. The summed E-state index contributed by atoms with van der Waals surface area (Å²) in [6.07, 6.45) is 0.593. The number of carbonyl (C=O) groups is 5. The standard InChI is InChI=1S/C19H22FN3O7/c1-30-14-6-2-4-12(17(14)20)18(28)21-9-15(25)23-7-3-5-13(23)19(29)22-11(10-24)8-16(26)27/h2,4,6,10-11,13H,3,5,7-9H2,1H3,(H,21,28)(H,22,29)(H,26,27)/t11-,13-/m0/s1. The molecule has 1 fully saturated rings. The van der Waals surface area contributed by atoms with Gasteiger partial charge in [0.05, 0.1) is 31.7 Å². The number of likely N-dealkylation sites (tertiary alicyclic amines) is 1. The number of ether oxygens (including phenoxy) is 1. The lowest BCUT2D eigenvalue weighted by atomic mass is 10.1. The van der Waals surface area contributed by atoms with Gasteiger partial charge < -0.3 is 30.2 Å². The van der Waals surface area contributed by atoms with Gasteiger partial charge in [-0.15, -0.1) is 0 Å². The Morgan fingerprint density at radius 2 is 2.10 bits per heavy atom. The predicted molar refractivity (Wildman–Crippen MR) is 100 cm³/mol. The second-order valence-electron chi connectivity index (χ2n) is 6.60. The number of nitrogens with zero attached hydrogens (tertiary/aromatic N) is 1. The number of methoxy groups -OCH3 is 1. The molecule has 0 aromatic heterocycles. The van der Waals surface area contributed by atoms with Gasteiger partial charge in [-0.2, -0.15) is 0 Å². The predicted octanol–water partition coefficient (Wildman–Crippen LogP) is -0.286. The number of aliphatic carboxylic acids is 1. The first-order chi connectivity index (χ1) is 14.3. The fourth-order valence-electron chi connectivity index (χ4n) is 3.13. The van der Waals surface area contributed by atoms with Crippen molar-refractivity contribution in [3.05, 3.63) is 29.6 Å². The first-order valence-corrected chi connectivity index (χ1v) is 9.16. The number of aldehydes is 1. The van der Waals surface area contributed by atoms with E-state index >= 15 is 0 Å². The van der Waals surface area contributed by atoms with Crippen molar-refractivity contribution in [2.75, 3.05) is 20.2 Å². The van der Waals surface area contributed by atoms with Gasteiger partial charge in [-0.3, -0.25) is 19.2 Å². The zero-order valence-electron chi connectivity index (χ0n) is 16.2. The van der Waals surface area contributed by atoms with Crippen molar-refractivity contribution in [1.82, 2.24) is 15.5 Å². The van der Waals surface area contributed by atoms with E-state index in [9.17, 15) is 28.4 Å². The fraction of sp³-hybridized carbons (Fsp3) is 0.421. The van der Waals surface area contributed by atoms with Crippen LogP contribution in [0.3, 0.4) is 0 Å². The number of amides is 3. The smallest absolute Gasteiger partial charge is 0.305 e. The molecule has 3 amide bonds. The number of nitrogens with one attached hydrogen (secondary N) is 2. The van der Waals surface area contributed by atoms with Gasteiger partial charge in [0.1, 0.15) is 12.3 Å². The summed E-state index contributed by atoms with van der Waals surface area (Å²) in [6.45, 7) is -0.212. The highest BCUT2D eigenvalue weighted by atomic mass is 19.1. The van der Waals surface area contributed by atoms with Crippen molar-refractivity contribution in [3.63, 3.8) is 0 Å². The number of halogens is 1. The Balaban J connectivity index is 1.97. The Morgan fingerprint density at radius 3 is 2.73 bits per heavy atom. The molecule has 1 aromatic carbocycles. The monoisotopic (exact) mass is 423 g/mol. The Kier molecular flexibility index (Phi) is 7.84. The number of carboxylic acids is 1. The fourth-order valence-corrected chi connectivity index (χ4v) is 3.13. The van der Waals surface area contributed by atoms with Crippen molar-refractivity contribution < 1.29 is 38.2 Å². The van der Waals surface area contributed by atoms with Gasteiger partial charge in [-0.05, 0) is 25.0 Å². The molecule has 11 heteroatoms. The molecule has 0 saturated carbocycles. The topological polar surface area (TPSA) is 142 Å². The molecule has 0 aliphatic carbocycles. The van der Waals surface area contributed by atoms with Crippen LogP contribution in [0.1, 0.15) is 29.6 Å². The molecule has 1 saturated heterocycles. The molecule has 0 radical (unpaired) electrons. The van der Waals surface area contributed by atoms with Gasteiger partial charge in [0.2, 0.25) is 11.8 Å². The van der Waals surface area contributed by atoms with Gasteiger partial charge in [0.15, 0.2) is 11.6 Å². The summed E-state index contributed by atoms with van der Waals surface area (Å²) in [4.78, 5) is 60.0. The van der Waals surface area contributed by atoms with Gasteiger partial charge >= 0.3 is 5.97 Å². The molecule has 2 atom stereocenters. The lowest BCUT2D eigenvalue weighted by Gasteiger charge is -2.25. The Labute approximate surface area is 171 Å². The van der Waals surface area contributed by atoms with Crippen molar-refractivity contribution >= 4 is 30.0 Å². The normalized spacial score (nSPS) is 16.5. The van der Waals surface area contributed by atoms with E-state index in [1.54, 1.807) is 0 Å². The molecule has 162 valence electrons. The first-order valence-electron chi connectivity index (χ1n) is 9.16. The molecule has 0 unspecified atom stereocenters. The average molecular weight is 423 g/mol. The minimum atomic E-state index is -1.25. The van der Waals surface area contributed by atoms with Gasteiger partial charge in [0, 0.05) is 6.54 Å². The SMILES string of the molecule is COc1cccc(C(=O)NCC(=O)N2CCC[C@H]2C(=O)N[C@H](C=O)CC(=O)O)c1F. The third kappa shape index (κ3) is 5.52. The minimum Gasteiger partial charge on any atom is -0.494 e. The average Bonchev–Trinajstić information content (AvgIpc) is 3.21. The van der Waals surface area contributed by atoms with Crippen LogP contribution in [0, 0.1) is 5.82 Å². The summed E-state index contributed by atoms with van der Waals surface area (Å²) < 4.78 is 19.0. The van der Waals surface area contributed by atoms with Crippen LogP contribution in [0.5, 0.6) is 5.75 Å². The van der Waals surface area contributed by atoms with Crippen molar-refractivity contribution in [2.45, 2.75) is 31.3 Å². The van der Waals surface area contributed by atoms with Crippen LogP contribution in [-0.2, 0) is 19.2 Å². The summed E-state index contributed by atoms with van der Waals surface area (Å²) in [5, 5.41) is 13.4. The molecule has 1 aromatic rings. The largest absolute Gasteiger partial charge is 0.494 e. The van der Waals surface area contributed by atoms with Crippen LogP contribution in [0.15, 0.2) is 18.2 Å². The number of benzene rings is 1. The van der Waals surface area contributed by atoms with Crippen LogP contribution in [0.25, 0.3) is 0 Å². The summed E-state index contributed by atoms with van der Waals surface area (Å²) in [7, 11) is 1.26. The summed E-state index contributed by atoms with van der Waals surface area (Å²) >= 11 is 0. The summed E-state index contributed by atoms with van der Waals surface area (Å²) in [5.74, 6) is -4.26. The Morgan fingerprint density at radius 1 is 1.37 bits per heavy atom. The maximum atomic E-state index is 14.2. The first kappa shape index (κ1) is 22.8. The highest BCUT2D eigenvalue weighted by molar-refractivity contribution is 5.98. The Bertz CT molecular complexity index is 845. The van der Waals surface area contributed by atoms with Gasteiger partial charge in [-0.1, -0.05) is 6.07 Å². The molecule has 1 aliphatic heterocycles. The van der Waals surface area contributed by atoms with E-state index in [0.717, 1.165) is 0 Å². The molecule has 2 rings (SSSR count). The van der Waals surface area contributed by atoms with Crippen molar-refractivity contribution in [2.24, 2.45) is 0 Å². The quantitative estimate of drug-likeness (QED) is 0.464. The molecule has 3 N–H and O–H groups in total. The molecular weight excluding hydrogens is 401 g/mol. The molecule has 1 aliphatic rings. The Hall–Kier alpha value is -3.50. The van der Waals surface area contributed by atoms with E-state index < -0.39 is 54.6 Å². The second kappa shape index (κ2) is 10.3. The zero-order valence-corrected chi connectivity index (χ0v) is 16.2. The van der Waals surface area contributed by atoms with E-state index in [1.165, 1.54) is 30.2 Å². The van der Waals surface area contributed by atoms with E-state index in [1.807, 2.05) is 0 Å². The zero-order chi connectivity index (χ0) is 22.3. The van der Waals surface area contributed by atoms with Crippen LogP contribution < -0.4 is 15.4 Å². The molecule has 10 nitrogen and oxygen atoms in total. The van der Waals surface area contributed by atoms with Crippen LogP contribution in [-0.4, -0.2) is 72.3 Å². The maximum Gasteiger partial charge on any atom is 0.305 e. The maximum absolute atomic E-state index is 14.2. The number of carbonyl (C=O) groups excluding carboxylic acids is 4. The summed E-state index contributed by atoms with van der Waals surface area (Å²) in [6, 6.07) is 1.93. The number of rotatable bonds is 9. The van der Waals surface area contributed by atoms with Crippen molar-refractivity contribution in [1.29, 1.82) is 0 Å². The van der Waals surface area contributed by atoms with E-state index in [2.05, 4.69) is 10.6 Å². The summed E-state index contributed by atoms with van der Waals surface area (Å²) in [5.41, 5.74) is -0.291. The lowest BCUT2D eigenvalue weighted by molar-refractivity contribution is -0.140. The highest BCUT2D eigenvalue weighted by Crippen LogP contribution is 2.20. The third-order valence-corrected chi connectivity index (χ3v) is 4.59. The van der Waals surface area contributed by atoms with Crippen LogP contribution in [0.4, 0.5) is 4.39 Å². The van der Waals surface area contributed by atoms with E-state index in [-0.39, 0.29) is 17.9 Å². The second-order valence-corrected chi connectivity index (χ2v) is 6.60. The number of hydrogen-bond donors (Lipinski definition) is 3. The minimum absolute atomic E-state index is 0.114. The lowest BCUT2D eigenvalue weighted by Crippen LogP contribution is -2.51.